The maximum absolute atomic E-state index is 9.78. The molecule has 0 amide bonds. The van der Waals surface area contributed by atoms with Crippen molar-refractivity contribution in [3.05, 3.63) is 23.8 Å². The van der Waals surface area contributed by atoms with Gasteiger partial charge in [0.05, 0.1) is 13.7 Å². The van der Waals surface area contributed by atoms with E-state index < -0.39 is 0 Å². The fourth-order valence-electron chi connectivity index (χ4n) is 1.61. The van der Waals surface area contributed by atoms with E-state index in [-0.39, 0.29) is 0 Å². The van der Waals surface area contributed by atoms with Gasteiger partial charge < -0.3 is 14.6 Å². The average molecular weight is 239 g/mol. The summed E-state index contributed by atoms with van der Waals surface area (Å²) in [7, 11) is 5.31. The Bertz CT molecular complexity index is 355. The second kappa shape index (κ2) is 6.47. The van der Waals surface area contributed by atoms with Crippen LogP contribution >= 0.6 is 0 Å². The first-order valence-electron chi connectivity index (χ1n) is 5.63. The molecule has 1 unspecified atom stereocenters. The summed E-state index contributed by atoms with van der Waals surface area (Å²) in [5.41, 5.74) is 0.856. The number of rotatable bonds is 6. The molecule has 0 spiro atoms. The Hall–Kier alpha value is -1.26. The molecular weight excluding hydrogens is 218 g/mol. The number of ether oxygens (including phenoxy) is 2. The Morgan fingerprint density at radius 1 is 1.35 bits per heavy atom. The lowest BCUT2D eigenvalue weighted by molar-refractivity contribution is 0.111. The monoisotopic (exact) mass is 239 g/mol. The predicted molar refractivity (Wildman–Crippen MR) is 67.5 cm³/mol. The Morgan fingerprint density at radius 2 is 2.06 bits per heavy atom. The topological polar surface area (TPSA) is 41.9 Å². The van der Waals surface area contributed by atoms with E-state index in [9.17, 15) is 5.11 Å². The third-order valence-electron chi connectivity index (χ3n) is 2.87. The maximum atomic E-state index is 9.78. The van der Waals surface area contributed by atoms with Gasteiger partial charge in [-0.2, -0.15) is 0 Å². The second-order valence-corrected chi connectivity index (χ2v) is 4.21. The van der Waals surface area contributed by atoms with Crippen LogP contribution in [0.4, 0.5) is 0 Å². The van der Waals surface area contributed by atoms with Gasteiger partial charge in [0.2, 0.25) is 0 Å². The van der Waals surface area contributed by atoms with E-state index in [1.165, 1.54) is 0 Å². The summed E-state index contributed by atoms with van der Waals surface area (Å²) in [5.74, 6) is 1.05. The Kier molecular flexibility index (Phi) is 5.25. The van der Waals surface area contributed by atoms with Gasteiger partial charge in [0, 0.05) is 25.3 Å². The molecule has 4 nitrogen and oxygen atoms in total. The molecule has 0 fully saturated rings. The zero-order valence-corrected chi connectivity index (χ0v) is 10.9. The van der Waals surface area contributed by atoms with E-state index in [0.717, 1.165) is 11.3 Å². The maximum Gasteiger partial charge on any atom is 0.120 e. The first-order valence-corrected chi connectivity index (χ1v) is 5.63. The molecule has 0 saturated carbocycles. The molecule has 0 aliphatic heterocycles. The standard InChI is InChI=1S/C13H21NO3/c1-10(9-16-3)14(2)8-11-7-12(17-4)5-6-13(11)15/h5-7,10,15H,8-9H2,1-4H3. The van der Waals surface area contributed by atoms with Crippen LogP contribution in [0.25, 0.3) is 0 Å². The molecule has 0 aromatic heterocycles. The molecule has 0 radical (unpaired) electrons. The van der Waals surface area contributed by atoms with Gasteiger partial charge >= 0.3 is 0 Å². The fourth-order valence-corrected chi connectivity index (χ4v) is 1.61. The Balaban J connectivity index is 2.73. The van der Waals surface area contributed by atoms with E-state index >= 15 is 0 Å². The summed E-state index contributed by atoms with van der Waals surface area (Å²) in [5, 5.41) is 9.78. The molecule has 1 aromatic carbocycles. The van der Waals surface area contributed by atoms with Crippen molar-refractivity contribution in [1.82, 2.24) is 4.90 Å². The molecular formula is C13H21NO3. The largest absolute Gasteiger partial charge is 0.508 e. The van der Waals surface area contributed by atoms with Crippen LogP contribution in [-0.4, -0.2) is 43.9 Å². The molecule has 0 heterocycles. The Morgan fingerprint density at radius 3 is 2.65 bits per heavy atom. The van der Waals surface area contributed by atoms with Crippen molar-refractivity contribution in [2.75, 3.05) is 27.9 Å². The number of hydrogen-bond acceptors (Lipinski definition) is 4. The number of phenols is 1. The minimum atomic E-state index is 0.294. The van der Waals surface area contributed by atoms with Crippen molar-refractivity contribution in [3.8, 4) is 11.5 Å². The second-order valence-electron chi connectivity index (χ2n) is 4.21. The first kappa shape index (κ1) is 13.8. The number of nitrogens with zero attached hydrogens (tertiary/aromatic N) is 1. The number of hydrogen-bond donors (Lipinski definition) is 1. The van der Waals surface area contributed by atoms with Gasteiger partial charge in [-0.1, -0.05) is 0 Å². The lowest BCUT2D eigenvalue weighted by Crippen LogP contribution is -2.32. The molecule has 1 N–H and O–H groups in total. The van der Waals surface area contributed by atoms with Gasteiger partial charge in [0.25, 0.3) is 0 Å². The van der Waals surface area contributed by atoms with Crippen LogP contribution in [0.2, 0.25) is 0 Å². The lowest BCUT2D eigenvalue weighted by atomic mass is 10.1. The number of aromatic hydroxyl groups is 1. The molecule has 96 valence electrons. The predicted octanol–water partition coefficient (Wildman–Crippen LogP) is 1.87. The highest BCUT2D eigenvalue weighted by atomic mass is 16.5. The van der Waals surface area contributed by atoms with E-state index in [1.54, 1.807) is 26.4 Å². The zero-order valence-electron chi connectivity index (χ0n) is 10.9. The molecule has 0 saturated heterocycles. The van der Waals surface area contributed by atoms with E-state index in [2.05, 4.69) is 11.8 Å². The summed E-state index contributed by atoms with van der Waals surface area (Å²) in [4.78, 5) is 2.12. The molecule has 0 bridgehead atoms. The van der Waals surface area contributed by atoms with Crippen molar-refractivity contribution in [2.45, 2.75) is 19.5 Å². The van der Waals surface area contributed by atoms with Crippen molar-refractivity contribution in [2.24, 2.45) is 0 Å². The minimum Gasteiger partial charge on any atom is -0.508 e. The third-order valence-corrected chi connectivity index (χ3v) is 2.87. The number of phenolic OH excluding ortho intramolecular Hbond substituents is 1. The highest BCUT2D eigenvalue weighted by Gasteiger charge is 2.12. The van der Waals surface area contributed by atoms with Crippen LogP contribution in [0.3, 0.4) is 0 Å². The van der Waals surface area contributed by atoms with E-state index in [1.807, 2.05) is 13.1 Å². The van der Waals surface area contributed by atoms with Crippen LogP contribution in [0.5, 0.6) is 11.5 Å². The molecule has 0 aliphatic carbocycles. The smallest absolute Gasteiger partial charge is 0.120 e. The Labute approximate surface area is 103 Å². The summed E-state index contributed by atoms with van der Waals surface area (Å²) < 4.78 is 10.3. The van der Waals surface area contributed by atoms with Crippen molar-refractivity contribution in [1.29, 1.82) is 0 Å². The molecule has 1 atom stereocenters. The van der Waals surface area contributed by atoms with E-state index in [4.69, 9.17) is 9.47 Å². The van der Waals surface area contributed by atoms with Crippen LogP contribution in [-0.2, 0) is 11.3 Å². The highest BCUT2D eigenvalue weighted by Crippen LogP contribution is 2.24. The van der Waals surface area contributed by atoms with Gasteiger partial charge in [0.15, 0.2) is 0 Å². The molecule has 4 heteroatoms. The van der Waals surface area contributed by atoms with Crippen molar-refractivity contribution >= 4 is 0 Å². The molecule has 0 aliphatic rings. The summed E-state index contributed by atoms with van der Waals surface area (Å²) in [6.07, 6.45) is 0. The van der Waals surface area contributed by atoms with Crippen LogP contribution in [0.1, 0.15) is 12.5 Å². The van der Waals surface area contributed by atoms with Crippen molar-refractivity contribution in [3.63, 3.8) is 0 Å². The van der Waals surface area contributed by atoms with Crippen LogP contribution < -0.4 is 4.74 Å². The normalized spacial score (nSPS) is 12.8. The SMILES string of the molecule is COCC(C)N(C)Cc1cc(OC)ccc1O. The number of likely N-dealkylation sites (N-methyl/N-ethyl adjacent to an activating group) is 1. The molecule has 1 rings (SSSR count). The average Bonchev–Trinajstić information content (AvgIpc) is 2.32. The van der Waals surface area contributed by atoms with Gasteiger partial charge in [0.1, 0.15) is 11.5 Å². The van der Waals surface area contributed by atoms with Crippen molar-refractivity contribution < 1.29 is 14.6 Å². The summed E-state index contributed by atoms with van der Waals surface area (Å²) >= 11 is 0. The highest BCUT2D eigenvalue weighted by molar-refractivity contribution is 5.39. The lowest BCUT2D eigenvalue weighted by Gasteiger charge is -2.24. The molecule has 17 heavy (non-hydrogen) atoms. The van der Waals surface area contributed by atoms with E-state index in [0.29, 0.717) is 24.9 Å². The zero-order chi connectivity index (χ0) is 12.8. The fraction of sp³-hybridized carbons (Fsp3) is 0.538. The summed E-state index contributed by atoms with van der Waals surface area (Å²) in [6.45, 7) is 3.41. The van der Waals surface area contributed by atoms with Gasteiger partial charge in [-0.05, 0) is 32.2 Å². The van der Waals surface area contributed by atoms with Gasteiger partial charge in [-0.25, -0.2) is 0 Å². The van der Waals surface area contributed by atoms with Crippen LogP contribution in [0.15, 0.2) is 18.2 Å². The molecule has 1 aromatic rings. The van der Waals surface area contributed by atoms with Gasteiger partial charge in [-0.3, -0.25) is 4.90 Å². The number of benzene rings is 1. The number of methoxy groups -OCH3 is 2. The summed E-state index contributed by atoms with van der Waals surface area (Å²) in [6, 6.07) is 5.55. The quantitative estimate of drug-likeness (QED) is 0.823. The van der Waals surface area contributed by atoms with Crippen LogP contribution in [0, 0.1) is 0 Å². The first-order chi connectivity index (χ1) is 8.08. The van der Waals surface area contributed by atoms with Gasteiger partial charge in [-0.15, -0.1) is 0 Å². The minimum absolute atomic E-state index is 0.294. The third kappa shape index (κ3) is 3.91.